The van der Waals surface area contributed by atoms with Crippen molar-refractivity contribution in [3.05, 3.63) is 28.4 Å². The van der Waals surface area contributed by atoms with Crippen LogP contribution >= 0.6 is 15.9 Å². The first-order valence-corrected chi connectivity index (χ1v) is 4.60. The van der Waals surface area contributed by atoms with E-state index in [4.69, 9.17) is 5.26 Å². The highest BCUT2D eigenvalue weighted by atomic mass is 79.9. The van der Waals surface area contributed by atoms with Gasteiger partial charge in [-0.1, -0.05) is 22.0 Å². The van der Waals surface area contributed by atoms with Crippen molar-refractivity contribution in [3.63, 3.8) is 0 Å². The van der Waals surface area contributed by atoms with Gasteiger partial charge in [-0.3, -0.25) is 5.10 Å². The van der Waals surface area contributed by atoms with E-state index in [0.717, 1.165) is 21.1 Å². The minimum Gasteiger partial charge on any atom is -0.280 e. The van der Waals surface area contributed by atoms with Gasteiger partial charge in [0.05, 0.1) is 23.7 Å². The first kappa shape index (κ1) is 8.27. The van der Waals surface area contributed by atoms with E-state index < -0.39 is 0 Å². The summed E-state index contributed by atoms with van der Waals surface area (Å²) in [6, 6.07) is 7.87. The lowest BCUT2D eigenvalue weighted by Crippen LogP contribution is -1.82. The van der Waals surface area contributed by atoms with Crippen LogP contribution in [0.15, 0.2) is 22.7 Å². The van der Waals surface area contributed by atoms with Crippen molar-refractivity contribution in [2.45, 2.75) is 6.42 Å². The Labute approximate surface area is 83.5 Å². The van der Waals surface area contributed by atoms with E-state index in [1.165, 1.54) is 0 Å². The highest BCUT2D eigenvalue weighted by Crippen LogP contribution is 2.25. The van der Waals surface area contributed by atoms with Crippen molar-refractivity contribution in [1.82, 2.24) is 10.2 Å². The summed E-state index contributed by atoms with van der Waals surface area (Å²) in [5.41, 5.74) is 1.75. The summed E-state index contributed by atoms with van der Waals surface area (Å²) >= 11 is 3.43. The Bertz CT molecular complexity index is 481. The number of benzene rings is 1. The van der Waals surface area contributed by atoms with Crippen LogP contribution in [0.4, 0.5) is 0 Å². The van der Waals surface area contributed by atoms with Crippen LogP contribution in [0.3, 0.4) is 0 Å². The number of nitrogens with one attached hydrogen (secondary N) is 1. The van der Waals surface area contributed by atoms with Gasteiger partial charge in [-0.05, 0) is 12.1 Å². The van der Waals surface area contributed by atoms with Gasteiger partial charge in [0.15, 0.2) is 0 Å². The molecule has 64 valence electrons. The van der Waals surface area contributed by atoms with E-state index in [0.29, 0.717) is 6.42 Å². The summed E-state index contributed by atoms with van der Waals surface area (Å²) in [6.45, 7) is 0. The standard InChI is InChI=1S/C9H6BrN3/c10-6-2-1-3-7-9(6)8(4-5-11)13-12-7/h1-3H,4H2,(H,12,13). The molecule has 2 rings (SSSR count). The van der Waals surface area contributed by atoms with Crippen LogP contribution in [0.1, 0.15) is 5.69 Å². The average Bonchev–Trinajstić information content (AvgIpc) is 2.51. The molecule has 1 aromatic heterocycles. The smallest absolute Gasteiger partial charge is 0.0935 e. The molecule has 3 nitrogen and oxygen atoms in total. The second kappa shape index (κ2) is 3.19. The number of halogens is 1. The second-order valence-corrected chi connectivity index (χ2v) is 3.53. The van der Waals surface area contributed by atoms with Gasteiger partial charge in [-0.2, -0.15) is 10.4 Å². The molecule has 0 amide bonds. The van der Waals surface area contributed by atoms with Crippen molar-refractivity contribution >= 4 is 26.8 Å². The van der Waals surface area contributed by atoms with E-state index in [1.807, 2.05) is 18.2 Å². The predicted octanol–water partition coefficient (Wildman–Crippen LogP) is 2.39. The van der Waals surface area contributed by atoms with Crippen LogP contribution in [-0.2, 0) is 6.42 Å². The van der Waals surface area contributed by atoms with Gasteiger partial charge in [0.25, 0.3) is 0 Å². The van der Waals surface area contributed by atoms with Gasteiger partial charge in [0.1, 0.15) is 0 Å². The molecule has 0 fully saturated rings. The van der Waals surface area contributed by atoms with E-state index in [1.54, 1.807) is 0 Å². The minimum atomic E-state index is 0.360. The number of hydrogen-bond acceptors (Lipinski definition) is 2. The normalized spacial score (nSPS) is 10.2. The number of hydrogen-bond donors (Lipinski definition) is 1. The number of nitrogens with zero attached hydrogens (tertiary/aromatic N) is 2. The third-order valence-corrected chi connectivity index (χ3v) is 2.52. The molecular weight excluding hydrogens is 230 g/mol. The van der Waals surface area contributed by atoms with Crippen LogP contribution in [0.2, 0.25) is 0 Å². The van der Waals surface area contributed by atoms with Crippen LogP contribution in [0.5, 0.6) is 0 Å². The number of rotatable bonds is 1. The maximum absolute atomic E-state index is 8.58. The number of nitriles is 1. The third-order valence-electron chi connectivity index (χ3n) is 1.86. The highest BCUT2D eigenvalue weighted by Gasteiger charge is 2.06. The molecule has 0 unspecified atom stereocenters. The van der Waals surface area contributed by atoms with Crippen molar-refractivity contribution in [3.8, 4) is 6.07 Å². The molecule has 1 N–H and O–H groups in total. The van der Waals surface area contributed by atoms with Gasteiger partial charge >= 0.3 is 0 Å². The Kier molecular flexibility index (Phi) is 2.03. The summed E-state index contributed by atoms with van der Waals surface area (Å²) in [7, 11) is 0. The SMILES string of the molecule is N#CCc1[nH]nc2cccc(Br)c12. The Hall–Kier alpha value is -1.34. The summed E-state index contributed by atoms with van der Waals surface area (Å²) < 4.78 is 0.976. The molecule has 0 radical (unpaired) electrons. The highest BCUT2D eigenvalue weighted by molar-refractivity contribution is 9.10. The lowest BCUT2D eigenvalue weighted by molar-refractivity contribution is 1.03. The summed E-state index contributed by atoms with van der Waals surface area (Å²) in [5.74, 6) is 0. The zero-order valence-electron chi connectivity index (χ0n) is 6.71. The molecule has 0 aliphatic heterocycles. The molecule has 0 aliphatic rings. The topological polar surface area (TPSA) is 52.5 Å². The lowest BCUT2D eigenvalue weighted by atomic mass is 10.2. The summed E-state index contributed by atoms with van der Waals surface area (Å²) in [5, 5.41) is 16.5. The van der Waals surface area contributed by atoms with Crippen molar-refractivity contribution in [2.75, 3.05) is 0 Å². The number of aromatic nitrogens is 2. The second-order valence-electron chi connectivity index (χ2n) is 2.67. The van der Waals surface area contributed by atoms with Crippen molar-refractivity contribution in [2.24, 2.45) is 0 Å². The van der Waals surface area contributed by atoms with Gasteiger partial charge in [0.2, 0.25) is 0 Å². The van der Waals surface area contributed by atoms with Crippen molar-refractivity contribution < 1.29 is 0 Å². The fourth-order valence-electron chi connectivity index (χ4n) is 1.30. The van der Waals surface area contributed by atoms with E-state index in [2.05, 4.69) is 32.2 Å². The fourth-order valence-corrected chi connectivity index (χ4v) is 1.89. The van der Waals surface area contributed by atoms with Gasteiger partial charge in [0, 0.05) is 9.86 Å². The Morgan fingerprint density at radius 3 is 3.15 bits per heavy atom. The molecular formula is C9H6BrN3. The first-order chi connectivity index (χ1) is 6.33. The molecule has 0 spiro atoms. The van der Waals surface area contributed by atoms with Crippen LogP contribution in [0, 0.1) is 11.3 Å². The molecule has 2 aromatic rings. The van der Waals surface area contributed by atoms with Crippen LogP contribution in [-0.4, -0.2) is 10.2 Å². The Morgan fingerprint density at radius 2 is 2.38 bits per heavy atom. The minimum absolute atomic E-state index is 0.360. The van der Waals surface area contributed by atoms with Gasteiger partial charge in [-0.15, -0.1) is 0 Å². The average molecular weight is 236 g/mol. The van der Waals surface area contributed by atoms with E-state index >= 15 is 0 Å². The number of aromatic amines is 1. The summed E-state index contributed by atoms with van der Waals surface area (Å²) in [6.07, 6.45) is 0.360. The largest absolute Gasteiger partial charge is 0.280 e. The molecule has 1 aromatic carbocycles. The molecule has 0 saturated carbocycles. The predicted molar refractivity (Wildman–Crippen MR) is 53.1 cm³/mol. The molecule has 0 bridgehead atoms. The Morgan fingerprint density at radius 1 is 1.54 bits per heavy atom. The third kappa shape index (κ3) is 1.31. The van der Waals surface area contributed by atoms with E-state index in [9.17, 15) is 0 Å². The number of fused-ring (bicyclic) bond motifs is 1. The quantitative estimate of drug-likeness (QED) is 0.826. The Balaban J connectivity index is 2.73. The maximum Gasteiger partial charge on any atom is 0.0935 e. The molecule has 0 aliphatic carbocycles. The maximum atomic E-state index is 8.58. The zero-order chi connectivity index (χ0) is 9.26. The van der Waals surface area contributed by atoms with E-state index in [-0.39, 0.29) is 0 Å². The molecule has 0 saturated heterocycles. The van der Waals surface area contributed by atoms with Crippen LogP contribution < -0.4 is 0 Å². The van der Waals surface area contributed by atoms with Crippen molar-refractivity contribution in [1.29, 1.82) is 5.26 Å². The molecule has 13 heavy (non-hydrogen) atoms. The molecule has 1 heterocycles. The lowest BCUT2D eigenvalue weighted by Gasteiger charge is -1.93. The molecule has 0 atom stereocenters. The monoisotopic (exact) mass is 235 g/mol. The van der Waals surface area contributed by atoms with Gasteiger partial charge < -0.3 is 0 Å². The van der Waals surface area contributed by atoms with Gasteiger partial charge in [-0.25, -0.2) is 0 Å². The summed E-state index contributed by atoms with van der Waals surface area (Å²) in [4.78, 5) is 0. The van der Waals surface area contributed by atoms with Crippen LogP contribution in [0.25, 0.3) is 10.9 Å². The molecule has 4 heteroatoms. The fraction of sp³-hybridized carbons (Fsp3) is 0.111. The number of H-pyrrole nitrogens is 1. The first-order valence-electron chi connectivity index (χ1n) is 3.81. The zero-order valence-corrected chi connectivity index (χ0v) is 8.30.